The van der Waals surface area contributed by atoms with Crippen molar-refractivity contribution in [3.05, 3.63) is 44.6 Å². The van der Waals surface area contributed by atoms with E-state index in [4.69, 9.17) is 21.1 Å². The number of benzene rings is 1. The first kappa shape index (κ1) is 17.3. The summed E-state index contributed by atoms with van der Waals surface area (Å²) < 4.78 is 11.3. The van der Waals surface area contributed by atoms with Crippen molar-refractivity contribution in [2.75, 3.05) is 18.5 Å². The molecule has 1 aromatic carbocycles. The predicted molar refractivity (Wildman–Crippen MR) is 105 cm³/mol. The van der Waals surface area contributed by atoms with E-state index >= 15 is 0 Å². The molecule has 134 valence electrons. The fourth-order valence-electron chi connectivity index (χ4n) is 2.58. The molecule has 3 aromatic rings. The molecule has 5 nitrogen and oxygen atoms in total. The van der Waals surface area contributed by atoms with Crippen LogP contribution in [0, 0.1) is 6.92 Å². The molecule has 3 heterocycles. The minimum atomic E-state index is -0.238. The molecule has 1 amide bonds. The minimum Gasteiger partial charge on any atom is -0.490 e. The summed E-state index contributed by atoms with van der Waals surface area (Å²) in [5, 5.41) is 8.10. The van der Waals surface area contributed by atoms with Crippen molar-refractivity contribution in [1.82, 2.24) is 4.98 Å². The number of aryl methyl sites for hydroxylation is 1. The Morgan fingerprint density at radius 2 is 2.04 bits per heavy atom. The average molecular weight is 407 g/mol. The lowest BCUT2D eigenvalue weighted by molar-refractivity contribution is 0.103. The van der Waals surface area contributed by atoms with Crippen LogP contribution in [0.5, 0.6) is 11.5 Å². The number of fused-ring (bicyclic) bond motifs is 1. The molecular weight excluding hydrogens is 392 g/mol. The van der Waals surface area contributed by atoms with Gasteiger partial charge in [0.2, 0.25) is 0 Å². The van der Waals surface area contributed by atoms with E-state index in [1.54, 1.807) is 23.5 Å². The van der Waals surface area contributed by atoms with Gasteiger partial charge in [0.05, 0.1) is 29.6 Å². The average Bonchev–Trinajstić information content (AvgIpc) is 3.22. The highest BCUT2D eigenvalue weighted by atomic mass is 35.5. The number of rotatable bonds is 3. The maximum Gasteiger partial charge on any atom is 0.267 e. The summed E-state index contributed by atoms with van der Waals surface area (Å²) in [7, 11) is 0. The molecule has 0 spiro atoms. The van der Waals surface area contributed by atoms with Crippen molar-refractivity contribution in [3.63, 3.8) is 0 Å². The second-order valence-corrected chi connectivity index (χ2v) is 7.92. The van der Waals surface area contributed by atoms with Crippen LogP contribution in [0.3, 0.4) is 0 Å². The summed E-state index contributed by atoms with van der Waals surface area (Å²) in [6.07, 6.45) is 0.805. The van der Waals surface area contributed by atoms with Gasteiger partial charge in [0, 0.05) is 29.5 Å². The molecular formula is C18H15ClN2O3S2. The summed E-state index contributed by atoms with van der Waals surface area (Å²) >= 11 is 9.28. The fraction of sp³-hybridized carbons (Fsp3) is 0.222. The lowest BCUT2D eigenvalue weighted by atomic mass is 10.2. The number of nitrogens with one attached hydrogen (secondary N) is 1. The number of nitrogens with zero attached hydrogens (tertiary/aromatic N) is 1. The van der Waals surface area contributed by atoms with Crippen molar-refractivity contribution in [2.45, 2.75) is 13.3 Å². The second kappa shape index (κ2) is 7.26. The van der Waals surface area contributed by atoms with Crippen LogP contribution in [-0.4, -0.2) is 24.1 Å². The molecule has 1 aliphatic heterocycles. The van der Waals surface area contributed by atoms with E-state index in [0.29, 0.717) is 46.0 Å². The molecule has 4 rings (SSSR count). The van der Waals surface area contributed by atoms with Crippen LogP contribution in [-0.2, 0) is 0 Å². The number of carbonyl (C=O) groups is 1. The van der Waals surface area contributed by atoms with E-state index in [2.05, 4.69) is 10.3 Å². The van der Waals surface area contributed by atoms with Gasteiger partial charge >= 0.3 is 0 Å². The molecule has 0 aliphatic carbocycles. The third kappa shape index (κ3) is 3.42. The number of hydrogen-bond donors (Lipinski definition) is 1. The van der Waals surface area contributed by atoms with Crippen LogP contribution >= 0.6 is 34.3 Å². The molecule has 0 saturated heterocycles. The molecule has 0 saturated carbocycles. The van der Waals surface area contributed by atoms with Crippen molar-refractivity contribution in [3.8, 4) is 22.1 Å². The van der Waals surface area contributed by atoms with Crippen LogP contribution in [0.2, 0.25) is 5.02 Å². The SMILES string of the molecule is Cc1nc(-c2ccsc2)sc1C(=O)Nc1cc2c(cc1Cl)OCCCO2. The molecule has 26 heavy (non-hydrogen) atoms. The molecule has 8 heteroatoms. The number of hydrogen-bond acceptors (Lipinski definition) is 6. The van der Waals surface area contributed by atoms with Gasteiger partial charge < -0.3 is 14.8 Å². The lowest BCUT2D eigenvalue weighted by Gasteiger charge is -2.12. The maximum absolute atomic E-state index is 12.7. The van der Waals surface area contributed by atoms with Gasteiger partial charge in [-0.2, -0.15) is 11.3 Å². The predicted octanol–water partition coefficient (Wildman–Crippen LogP) is 5.25. The number of thiazole rings is 1. The number of amides is 1. The van der Waals surface area contributed by atoms with Crippen molar-refractivity contribution >= 4 is 45.9 Å². The number of anilines is 1. The lowest BCUT2D eigenvalue weighted by Crippen LogP contribution is -2.12. The van der Waals surface area contributed by atoms with Crippen LogP contribution < -0.4 is 14.8 Å². The first-order valence-corrected chi connectivity index (χ1v) is 10.2. The molecule has 2 aromatic heterocycles. The number of carbonyl (C=O) groups excluding carboxylic acids is 1. The molecule has 0 fully saturated rings. The van der Waals surface area contributed by atoms with Crippen LogP contribution in [0.1, 0.15) is 21.8 Å². The quantitative estimate of drug-likeness (QED) is 0.645. The Bertz CT molecular complexity index is 954. The van der Waals surface area contributed by atoms with Crippen LogP contribution in [0.25, 0.3) is 10.6 Å². The maximum atomic E-state index is 12.7. The number of halogens is 1. The van der Waals surface area contributed by atoms with Gasteiger partial charge in [0.25, 0.3) is 5.91 Å². The highest BCUT2D eigenvalue weighted by Gasteiger charge is 2.20. The summed E-state index contributed by atoms with van der Waals surface area (Å²) in [4.78, 5) is 17.8. The van der Waals surface area contributed by atoms with Gasteiger partial charge in [-0.05, 0) is 18.4 Å². The third-order valence-corrected chi connectivity index (χ3v) is 6.06. The molecule has 1 N–H and O–H groups in total. The zero-order valence-electron chi connectivity index (χ0n) is 13.9. The zero-order valence-corrected chi connectivity index (χ0v) is 16.3. The van der Waals surface area contributed by atoms with Gasteiger partial charge in [0.1, 0.15) is 9.88 Å². The van der Waals surface area contributed by atoms with E-state index in [1.807, 2.05) is 23.8 Å². The van der Waals surface area contributed by atoms with Gasteiger partial charge in [-0.25, -0.2) is 4.98 Å². The Balaban J connectivity index is 1.60. The second-order valence-electron chi connectivity index (χ2n) is 5.73. The summed E-state index contributed by atoms with van der Waals surface area (Å²) in [5.41, 5.74) is 2.21. The molecule has 0 atom stereocenters. The van der Waals surface area contributed by atoms with E-state index in [-0.39, 0.29) is 5.91 Å². The van der Waals surface area contributed by atoms with Gasteiger partial charge in [-0.15, -0.1) is 11.3 Å². The highest BCUT2D eigenvalue weighted by Crippen LogP contribution is 2.38. The van der Waals surface area contributed by atoms with Gasteiger partial charge in [-0.3, -0.25) is 4.79 Å². The van der Waals surface area contributed by atoms with Crippen LogP contribution in [0.15, 0.2) is 29.0 Å². The summed E-state index contributed by atoms with van der Waals surface area (Å²) in [5.74, 6) is 0.944. The van der Waals surface area contributed by atoms with Crippen molar-refractivity contribution in [1.29, 1.82) is 0 Å². The van der Waals surface area contributed by atoms with E-state index in [9.17, 15) is 4.79 Å². The monoisotopic (exact) mass is 406 g/mol. The largest absolute Gasteiger partial charge is 0.490 e. The van der Waals surface area contributed by atoms with Gasteiger partial charge in [0.15, 0.2) is 11.5 Å². The third-order valence-electron chi connectivity index (χ3n) is 3.86. The first-order chi connectivity index (χ1) is 12.6. The standard InChI is InChI=1S/C18H15ClN2O3S2/c1-10-16(26-18(20-10)11-3-6-25-9-11)17(22)21-13-8-15-14(7-12(13)19)23-4-2-5-24-15/h3,6-9H,2,4-5H2,1H3,(H,21,22). The molecule has 0 unspecified atom stereocenters. The fourth-order valence-corrected chi connectivity index (χ4v) is 4.45. The Kier molecular flexibility index (Phi) is 4.84. The Hall–Kier alpha value is -2.09. The summed E-state index contributed by atoms with van der Waals surface area (Å²) in [6.45, 7) is 2.98. The van der Waals surface area contributed by atoms with E-state index < -0.39 is 0 Å². The van der Waals surface area contributed by atoms with E-state index in [0.717, 1.165) is 17.0 Å². The Labute approximate surface area is 163 Å². The van der Waals surface area contributed by atoms with Crippen molar-refractivity contribution in [2.24, 2.45) is 0 Å². The van der Waals surface area contributed by atoms with Crippen LogP contribution in [0.4, 0.5) is 5.69 Å². The Morgan fingerprint density at radius 1 is 1.27 bits per heavy atom. The van der Waals surface area contributed by atoms with Crippen molar-refractivity contribution < 1.29 is 14.3 Å². The summed E-state index contributed by atoms with van der Waals surface area (Å²) in [6, 6.07) is 5.37. The number of ether oxygens (including phenoxy) is 2. The van der Waals surface area contributed by atoms with Gasteiger partial charge in [-0.1, -0.05) is 11.6 Å². The smallest absolute Gasteiger partial charge is 0.267 e. The first-order valence-electron chi connectivity index (χ1n) is 8.02. The highest BCUT2D eigenvalue weighted by molar-refractivity contribution is 7.17. The molecule has 1 aliphatic rings. The minimum absolute atomic E-state index is 0.238. The zero-order chi connectivity index (χ0) is 18.1. The molecule has 0 bridgehead atoms. The number of aromatic nitrogens is 1. The normalized spacial score (nSPS) is 13.3. The molecule has 0 radical (unpaired) electrons. The number of thiophene rings is 1. The Morgan fingerprint density at radius 3 is 2.77 bits per heavy atom. The van der Waals surface area contributed by atoms with E-state index in [1.165, 1.54) is 11.3 Å². The topological polar surface area (TPSA) is 60.5 Å².